The Morgan fingerprint density at radius 2 is 2.08 bits per heavy atom. The molecule has 0 aliphatic rings. The van der Waals surface area contributed by atoms with Gasteiger partial charge in [0.05, 0.1) is 0 Å². The minimum absolute atomic E-state index is 0.205. The first-order valence-electron chi connectivity index (χ1n) is 7.96. The van der Waals surface area contributed by atoms with E-state index in [1.54, 1.807) is 23.1 Å². The van der Waals surface area contributed by atoms with Gasteiger partial charge in [0.1, 0.15) is 0 Å². The zero-order valence-corrected chi connectivity index (χ0v) is 13.7. The third-order valence-electron chi connectivity index (χ3n) is 3.99. The summed E-state index contributed by atoms with van der Waals surface area (Å²) in [6, 6.07) is 7.42. The molecule has 0 bridgehead atoms. The minimum Gasteiger partial charge on any atom is -0.453 e. The summed E-state index contributed by atoms with van der Waals surface area (Å²) in [6.45, 7) is 4.35. The molecule has 1 aromatic carbocycles. The number of carbonyl (C=O) groups excluding carboxylic acids is 2. The molecule has 3 rings (SSSR count). The Bertz CT molecular complexity index is 892. The van der Waals surface area contributed by atoms with Crippen LogP contribution in [0.25, 0.3) is 10.9 Å². The molecule has 0 unspecified atom stereocenters. The summed E-state index contributed by atoms with van der Waals surface area (Å²) in [5.41, 5.74) is 2.84. The average Bonchev–Trinajstić information content (AvgIpc) is 3.25. The molecular formula is C18H19N3O3. The van der Waals surface area contributed by atoms with E-state index in [1.165, 1.54) is 0 Å². The monoisotopic (exact) mass is 325 g/mol. The first kappa shape index (κ1) is 16.0. The number of ether oxygens (including phenoxy) is 1. The molecule has 0 fully saturated rings. The summed E-state index contributed by atoms with van der Waals surface area (Å²) in [6.07, 6.45) is 4.25. The molecule has 1 N–H and O–H groups in total. The SMILES string of the molecule is CCc1cccc2c(C(=O)COC(=O)c3ccn(CC)n3)c[nH]c12. The molecule has 0 saturated heterocycles. The number of ketones is 1. The highest BCUT2D eigenvalue weighted by Crippen LogP contribution is 2.22. The van der Waals surface area contributed by atoms with E-state index >= 15 is 0 Å². The highest BCUT2D eigenvalue weighted by molar-refractivity contribution is 6.09. The molecule has 3 aromatic rings. The van der Waals surface area contributed by atoms with Crippen LogP contribution in [0.2, 0.25) is 0 Å². The lowest BCUT2D eigenvalue weighted by molar-refractivity contribution is 0.0468. The van der Waals surface area contributed by atoms with Crippen LogP contribution < -0.4 is 0 Å². The number of aromatic amines is 1. The number of hydrogen-bond donors (Lipinski definition) is 1. The van der Waals surface area contributed by atoms with Crippen LogP contribution in [-0.2, 0) is 17.7 Å². The summed E-state index contributed by atoms with van der Waals surface area (Å²) in [5.74, 6) is -0.831. The summed E-state index contributed by atoms with van der Waals surface area (Å²) >= 11 is 0. The number of Topliss-reactive ketones (excluding diaryl/α,β-unsaturated/α-hetero) is 1. The molecule has 0 spiro atoms. The predicted octanol–water partition coefficient (Wildman–Crippen LogP) is 2.99. The first-order valence-corrected chi connectivity index (χ1v) is 7.96. The van der Waals surface area contributed by atoms with Crippen LogP contribution >= 0.6 is 0 Å². The summed E-state index contributed by atoms with van der Waals surface area (Å²) < 4.78 is 6.73. The molecule has 0 aliphatic heterocycles. The van der Waals surface area contributed by atoms with Crippen molar-refractivity contribution in [2.75, 3.05) is 6.61 Å². The summed E-state index contributed by atoms with van der Waals surface area (Å²) in [7, 11) is 0. The van der Waals surface area contributed by atoms with Crippen LogP contribution in [0, 0.1) is 0 Å². The zero-order valence-electron chi connectivity index (χ0n) is 13.7. The molecule has 0 saturated carbocycles. The Hall–Kier alpha value is -2.89. The van der Waals surface area contributed by atoms with Gasteiger partial charge in [-0.3, -0.25) is 9.48 Å². The van der Waals surface area contributed by atoms with E-state index in [1.807, 2.05) is 25.1 Å². The highest BCUT2D eigenvalue weighted by Gasteiger charge is 2.17. The fourth-order valence-electron chi connectivity index (χ4n) is 2.67. The maximum atomic E-state index is 12.4. The molecule has 0 amide bonds. The van der Waals surface area contributed by atoms with Gasteiger partial charge in [0.2, 0.25) is 5.78 Å². The Labute approximate surface area is 139 Å². The second kappa shape index (κ2) is 6.70. The standard InChI is InChI=1S/C18H19N3O3/c1-3-12-6-5-7-13-14(10-19-17(12)13)16(22)11-24-18(23)15-8-9-21(4-2)20-15/h5-10,19H,3-4,11H2,1-2H3. The summed E-state index contributed by atoms with van der Waals surface area (Å²) in [5, 5.41) is 4.92. The van der Waals surface area contributed by atoms with Crippen molar-refractivity contribution < 1.29 is 14.3 Å². The lowest BCUT2D eigenvalue weighted by Crippen LogP contribution is -2.14. The number of fused-ring (bicyclic) bond motifs is 1. The van der Waals surface area contributed by atoms with Crippen molar-refractivity contribution in [3.05, 3.63) is 53.5 Å². The van der Waals surface area contributed by atoms with Gasteiger partial charge in [-0.1, -0.05) is 25.1 Å². The largest absolute Gasteiger partial charge is 0.453 e. The number of para-hydroxylation sites is 1. The lowest BCUT2D eigenvalue weighted by atomic mass is 10.1. The van der Waals surface area contributed by atoms with Gasteiger partial charge in [-0.25, -0.2) is 4.79 Å². The van der Waals surface area contributed by atoms with Crippen molar-refractivity contribution in [1.82, 2.24) is 14.8 Å². The third kappa shape index (κ3) is 2.95. The Morgan fingerprint density at radius 1 is 1.25 bits per heavy atom. The number of carbonyl (C=O) groups is 2. The fraction of sp³-hybridized carbons (Fsp3) is 0.278. The molecule has 6 nitrogen and oxygen atoms in total. The maximum Gasteiger partial charge on any atom is 0.359 e. The van der Waals surface area contributed by atoms with Crippen molar-refractivity contribution >= 4 is 22.7 Å². The molecule has 0 radical (unpaired) electrons. The number of hydrogen-bond acceptors (Lipinski definition) is 4. The van der Waals surface area contributed by atoms with Crippen LogP contribution in [0.5, 0.6) is 0 Å². The number of rotatable bonds is 6. The van der Waals surface area contributed by atoms with E-state index in [9.17, 15) is 9.59 Å². The number of H-pyrrole nitrogens is 1. The van der Waals surface area contributed by atoms with E-state index < -0.39 is 5.97 Å². The molecular weight excluding hydrogens is 306 g/mol. The van der Waals surface area contributed by atoms with E-state index in [0.717, 1.165) is 22.9 Å². The van der Waals surface area contributed by atoms with Crippen LogP contribution in [0.15, 0.2) is 36.7 Å². The molecule has 124 valence electrons. The number of nitrogens with zero attached hydrogens (tertiary/aromatic N) is 2. The maximum absolute atomic E-state index is 12.4. The van der Waals surface area contributed by atoms with Crippen LogP contribution in [0.1, 0.15) is 40.3 Å². The van der Waals surface area contributed by atoms with Gasteiger partial charge >= 0.3 is 5.97 Å². The molecule has 2 aromatic heterocycles. The minimum atomic E-state index is -0.593. The van der Waals surface area contributed by atoms with Gasteiger partial charge in [-0.2, -0.15) is 5.10 Å². The Morgan fingerprint density at radius 3 is 2.79 bits per heavy atom. The molecule has 0 aliphatic carbocycles. The van der Waals surface area contributed by atoms with Gasteiger partial charge in [0.15, 0.2) is 12.3 Å². The average molecular weight is 325 g/mol. The fourth-order valence-corrected chi connectivity index (χ4v) is 2.67. The zero-order chi connectivity index (χ0) is 17.1. The normalized spacial score (nSPS) is 10.9. The van der Waals surface area contributed by atoms with E-state index in [0.29, 0.717) is 12.1 Å². The number of aromatic nitrogens is 3. The van der Waals surface area contributed by atoms with Crippen molar-refractivity contribution in [2.24, 2.45) is 0 Å². The van der Waals surface area contributed by atoms with Crippen LogP contribution in [-0.4, -0.2) is 33.1 Å². The Balaban J connectivity index is 1.72. The Kier molecular flexibility index (Phi) is 4.46. The lowest BCUT2D eigenvalue weighted by Gasteiger charge is -2.03. The van der Waals surface area contributed by atoms with E-state index in [-0.39, 0.29) is 18.1 Å². The molecule has 2 heterocycles. The molecule has 6 heteroatoms. The predicted molar refractivity (Wildman–Crippen MR) is 90.2 cm³/mol. The van der Waals surface area contributed by atoms with Crippen molar-refractivity contribution in [3.63, 3.8) is 0 Å². The van der Waals surface area contributed by atoms with Crippen molar-refractivity contribution in [3.8, 4) is 0 Å². The van der Waals surface area contributed by atoms with Gasteiger partial charge < -0.3 is 9.72 Å². The molecule has 0 atom stereocenters. The van der Waals surface area contributed by atoms with E-state index in [2.05, 4.69) is 17.0 Å². The number of esters is 1. The topological polar surface area (TPSA) is 77.0 Å². The van der Waals surface area contributed by atoms with Gasteiger partial charge in [0, 0.05) is 35.4 Å². The van der Waals surface area contributed by atoms with Crippen molar-refractivity contribution in [2.45, 2.75) is 26.8 Å². The van der Waals surface area contributed by atoms with Crippen molar-refractivity contribution in [1.29, 1.82) is 0 Å². The van der Waals surface area contributed by atoms with Gasteiger partial charge in [0.25, 0.3) is 0 Å². The second-order valence-corrected chi connectivity index (χ2v) is 5.45. The quantitative estimate of drug-likeness (QED) is 0.558. The third-order valence-corrected chi connectivity index (χ3v) is 3.99. The van der Waals surface area contributed by atoms with Gasteiger partial charge in [-0.05, 0) is 25.0 Å². The number of aryl methyl sites for hydroxylation is 2. The summed E-state index contributed by atoms with van der Waals surface area (Å²) in [4.78, 5) is 27.5. The highest BCUT2D eigenvalue weighted by atomic mass is 16.5. The molecule has 24 heavy (non-hydrogen) atoms. The number of benzene rings is 1. The van der Waals surface area contributed by atoms with Gasteiger partial charge in [-0.15, -0.1) is 0 Å². The van der Waals surface area contributed by atoms with Crippen LogP contribution in [0.4, 0.5) is 0 Å². The smallest absolute Gasteiger partial charge is 0.359 e. The van der Waals surface area contributed by atoms with E-state index in [4.69, 9.17) is 4.74 Å². The van der Waals surface area contributed by atoms with Crippen LogP contribution in [0.3, 0.4) is 0 Å². The first-order chi connectivity index (χ1) is 11.6. The second-order valence-electron chi connectivity index (χ2n) is 5.45. The number of nitrogens with one attached hydrogen (secondary N) is 1.